The van der Waals surface area contributed by atoms with E-state index in [0.717, 1.165) is 30.8 Å². The molecule has 1 aromatic heterocycles. The number of aromatic nitrogens is 1. The van der Waals surface area contributed by atoms with Crippen LogP contribution in [0.5, 0.6) is 0 Å². The molecular weight excluding hydrogens is 284 g/mol. The summed E-state index contributed by atoms with van der Waals surface area (Å²) in [6.45, 7) is 1.79. The van der Waals surface area contributed by atoms with Gasteiger partial charge in [0.25, 0.3) is 10.0 Å². The molecule has 0 spiro atoms. The Morgan fingerprint density at radius 1 is 1.65 bits per heavy atom. The van der Waals surface area contributed by atoms with E-state index in [1.54, 1.807) is 0 Å². The van der Waals surface area contributed by atoms with Crippen molar-refractivity contribution in [3.63, 3.8) is 0 Å². The lowest BCUT2D eigenvalue weighted by atomic mass is 10.0. The fourth-order valence-electron chi connectivity index (χ4n) is 1.63. The van der Waals surface area contributed by atoms with Crippen molar-refractivity contribution in [1.82, 2.24) is 9.71 Å². The zero-order valence-electron chi connectivity index (χ0n) is 9.06. The van der Waals surface area contributed by atoms with E-state index in [1.807, 2.05) is 0 Å². The minimum Gasteiger partial charge on any atom is -0.381 e. The molecule has 1 atom stereocenters. The van der Waals surface area contributed by atoms with Crippen LogP contribution in [0, 0.1) is 5.92 Å². The minimum absolute atomic E-state index is 0.152. The van der Waals surface area contributed by atoms with E-state index in [0.29, 0.717) is 13.2 Å². The normalized spacial score (nSPS) is 21.6. The molecule has 1 unspecified atom stereocenters. The van der Waals surface area contributed by atoms with Crippen LogP contribution in [-0.4, -0.2) is 33.2 Å². The van der Waals surface area contributed by atoms with Gasteiger partial charge >= 0.3 is 0 Å². The Morgan fingerprint density at radius 3 is 3.06 bits per heavy atom. The lowest BCUT2D eigenvalue weighted by Crippen LogP contribution is -2.32. The van der Waals surface area contributed by atoms with Crippen LogP contribution in [0.2, 0.25) is 4.47 Å². The quantitative estimate of drug-likeness (QED) is 0.914. The topological polar surface area (TPSA) is 68.3 Å². The van der Waals surface area contributed by atoms with E-state index < -0.39 is 10.0 Å². The first-order valence-corrected chi connectivity index (χ1v) is 7.94. The fourth-order valence-corrected chi connectivity index (χ4v) is 4.08. The highest BCUT2D eigenvalue weighted by Crippen LogP contribution is 2.22. The van der Waals surface area contributed by atoms with Crippen LogP contribution in [0.1, 0.15) is 12.8 Å². The average Bonchev–Trinajstić information content (AvgIpc) is 2.76. The van der Waals surface area contributed by atoms with Crippen molar-refractivity contribution < 1.29 is 13.2 Å². The highest BCUT2D eigenvalue weighted by molar-refractivity contribution is 7.91. The Labute approximate surface area is 109 Å². The average molecular weight is 297 g/mol. The third-order valence-electron chi connectivity index (χ3n) is 2.54. The van der Waals surface area contributed by atoms with Crippen molar-refractivity contribution in [3.8, 4) is 0 Å². The Kier molecular flexibility index (Phi) is 4.37. The molecule has 0 bridgehead atoms. The van der Waals surface area contributed by atoms with Crippen molar-refractivity contribution >= 4 is 33.0 Å². The zero-order valence-corrected chi connectivity index (χ0v) is 11.4. The molecule has 8 heteroatoms. The number of halogens is 1. The first kappa shape index (κ1) is 13.2. The van der Waals surface area contributed by atoms with Gasteiger partial charge in [0, 0.05) is 13.2 Å². The van der Waals surface area contributed by atoms with Gasteiger partial charge in [0.1, 0.15) is 0 Å². The highest BCUT2D eigenvalue weighted by atomic mass is 35.5. The van der Waals surface area contributed by atoms with Crippen LogP contribution in [0.25, 0.3) is 0 Å². The van der Waals surface area contributed by atoms with Gasteiger partial charge in [-0.2, -0.15) is 0 Å². The van der Waals surface area contributed by atoms with Gasteiger partial charge in [-0.3, -0.25) is 0 Å². The molecule has 1 saturated heterocycles. The summed E-state index contributed by atoms with van der Waals surface area (Å²) in [6, 6.07) is 0. The van der Waals surface area contributed by atoms with E-state index in [1.165, 1.54) is 6.20 Å². The van der Waals surface area contributed by atoms with Crippen molar-refractivity contribution in [3.05, 3.63) is 10.7 Å². The third kappa shape index (κ3) is 3.62. The second-order valence-corrected chi connectivity index (χ2v) is 7.47. The van der Waals surface area contributed by atoms with Gasteiger partial charge in [-0.05, 0) is 18.8 Å². The van der Waals surface area contributed by atoms with Gasteiger partial charge in [0.05, 0.1) is 12.8 Å². The molecule has 0 aromatic carbocycles. The molecule has 1 aromatic rings. The van der Waals surface area contributed by atoms with Gasteiger partial charge in [-0.1, -0.05) is 22.9 Å². The van der Waals surface area contributed by atoms with Gasteiger partial charge in [-0.25, -0.2) is 18.1 Å². The molecule has 2 rings (SSSR count). The number of nitrogens with zero attached hydrogens (tertiary/aromatic N) is 1. The lowest BCUT2D eigenvalue weighted by Gasteiger charge is -2.21. The Balaban J connectivity index is 1.93. The van der Waals surface area contributed by atoms with E-state index >= 15 is 0 Å². The maximum Gasteiger partial charge on any atom is 0.251 e. The summed E-state index contributed by atoms with van der Waals surface area (Å²) in [7, 11) is -3.47. The smallest absolute Gasteiger partial charge is 0.251 e. The first-order valence-electron chi connectivity index (χ1n) is 5.26. The summed E-state index contributed by atoms with van der Waals surface area (Å²) >= 11 is 6.56. The van der Waals surface area contributed by atoms with Gasteiger partial charge in [-0.15, -0.1) is 0 Å². The van der Waals surface area contributed by atoms with Crippen LogP contribution in [0.4, 0.5) is 0 Å². The Morgan fingerprint density at radius 2 is 2.47 bits per heavy atom. The third-order valence-corrected chi connectivity index (χ3v) is 5.54. The van der Waals surface area contributed by atoms with Crippen LogP contribution in [-0.2, 0) is 14.8 Å². The Bertz CT molecular complexity index is 468. The van der Waals surface area contributed by atoms with Crippen LogP contribution in [0.15, 0.2) is 10.4 Å². The number of rotatable bonds is 4. The molecule has 0 saturated carbocycles. The molecule has 0 radical (unpaired) electrons. The highest BCUT2D eigenvalue weighted by Gasteiger charge is 2.20. The molecule has 1 aliphatic rings. The van der Waals surface area contributed by atoms with Gasteiger partial charge < -0.3 is 4.74 Å². The summed E-state index contributed by atoms with van der Waals surface area (Å²) < 4.78 is 31.9. The predicted octanol–water partition coefficient (Wildman–Crippen LogP) is 1.50. The second-order valence-electron chi connectivity index (χ2n) is 3.87. The summed E-state index contributed by atoms with van der Waals surface area (Å²) in [5.74, 6) is 0.252. The van der Waals surface area contributed by atoms with Crippen molar-refractivity contribution in [2.24, 2.45) is 5.92 Å². The summed E-state index contributed by atoms with van der Waals surface area (Å²) in [6.07, 6.45) is 3.25. The maximum absolute atomic E-state index is 11.8. The summed E-state index contributed by atoms with van der Waals surface area (Å²) in [4.78, 5) is 3.72. The van der Waals surface area contributed by atoms with Crippen LogP contribution in [0.3, 0.4) is 0 Å². The van der Waals surface area contributed by atoms with Crippen molar-refractivity contribution in [2.45, 2.75) is 17.1 Å². The van der Waals surface area contributed by atoms with Crippen LogP contribution >= 0.6 is 22.9 Å². The predicted molar refractivity (Wildman–Crippen MR) is 65.9 cm³/mol. The molecule has 2 heterocycles. The summed E-state index contributed by atoms with van der Waals surface area (Å²) in [5, 5.41) is 0. The molecule has 96 valence electrons. The van der Waals surface area contributed by atoms with Gasteiger partial charge in [0.15, 0.2) is 8.68 Å². The van der Waals surface area contributed by atoms with E-state index in [9.17, 15) is 8.42 Å². The van der Waals surface area contributed by atoms with E-state index in [2.05, 4.69) is 9.71 Å². The van der Waals surface area contributed by atoms with E-state index in [4.69, 9.17) is 16.3 Å². The molecule has 1 aliphatic heterocycles. The lowest BCUT2D eigenvalue weighted by molar-refractivity contribution is 0.0568. The number of ether oxygens (including phenoxy) is 1. The van der Waals surface area contributed by atoms with Crippen molar-refractivity contribution in [2.75, 3.05) is 19.8 Å². The second kappa shape index (κ2) is 5.62. The number of sulfonamides is 1. The Hall–Kier alpha value is -0.210. The van der Waals surface area contributed by atoms with Crippen molar-refractivity contribution in [1.29, 1.82) is 0 Å². The first-order chi connectivity index (χ1) is 8.08. The number of hydrogen-bond donors (Lipinski definition) is 1. The van der Waals surface area contributed by atoms with Gasteiger partial charge in [0.2, 0.25) is 0 Å². The molecule has 0 amide bonds. The SMILES string of the molecule is O=S(=O)(NCC1CCCOC1)c1cnc(Cl)s1. The zero-order chi connectivity index (χ0) is 12.3. The molecule has 0 aliphatic carbocycles. The fraction of sp³-hybridized carbons (Fsp3) is 0.667. The molecule has 5 nitrogen and oxygen atoms in total. The number of thiazole rings is 1. The summed E-state index contributed by atoms with van der Waals surface area (Å²) in [5.41, 5.74) is 0. The van der Waals surface area contributed by atoms with Crippen LogP contribution < -0.4 is 4.72 Å². The molecule has 1 fully saturated rings. The number of hydrogen-bond acceptors (Lipinski definition) is 5. The monoisotopic (exact) mass is 296 g/mol. The molecular formula is C9H13ClN2O3S2. The number of nitrogens with one attached hydrogen (secondary N) is 1. The maximum atomic E-state index is 11.8. The largest absolute Gasteiger partial charge is 0.381 e. The standard InChI is InChI=1S/C9H13ClN2O3S2/c10-9-11-5-8(16-9)17(13,14)12-4-7-2-1-3-15-6-7/h5,7,12H,1-4,6H2. The minimum atomic E-state index is -3.47. The molecule has 17 heavy (non-hydrogen) atoms. The van der Waals surface area contributed by atoms with E-state index in [-0.39, 0.29) is 14.6 Å². The molecule has 1 N–H and O–H groups in total.